The first kappa shape index (κ1) is 17.6. The Hall–Kier alpha value is -3.22. The van der Waals surface area contributed by atoms with Gasteiger partial charge in [0.15, 0.2) is 5.82 Å². The summed E-state index contributed by atoms with van der Waals surface area (Å²) in [6.07, 6.45) is 0. The normalized spacial score (nSPS) is 10.5. The molecule has 0 aliphatic carbocycles. The molecule has 1 N–H and O–H groups in total. The van der Waals surface area contributed by atoms with Gasteiger partial charge in [-0.2, -0.15) is 0 Å². The van der Waals surface area contributed by atoms with Crippen LogP contribution in [-0.2, 0) is 19.7 Å². The number of aryl methyl sites for hydroxylation is 2. The molecule has 0 saturated heterocycles. The van der Waals surface area contributed by atoms with Gasteiger partial charge in [-0.05, 0) is 48.0 Å². The summed E-state index contributed by atoms with van der Waals surface area (Å²) in [6, 6.07) is 15.1. The Morgan fingerprint density at radius 2 is 2.00 bits per heavy atom. The van der Waals surface area contributed by atoms with Crippen molar-refractivity contribution in [3.8, 4) is 5.75 Å². The van der Waals surface area contributed by atoms with E-state index in [-0.39, 0.29) is 12.5 Å². The van der Waals surface area contributed by atoms with Crippen LogP contribution in [0.25, 0.3) is 0 Å². The average molecular weight is 351 g/mol. The van der Waals surface area contributed by atoms with Crippen molar-refractivity contribution in [1.29, 1.82) is 0 Å². The van der Waals surface area contributed by atoms with E-state index in [1.807, 2.05) is 38.1 Å². The molecule has 0 saturated carbocycles. The molecule has 1 amide bonds. The molecule has 3 rings (SSSR count). The van der Waals surface area contributed by atoms with Crippen LogP contribution in [-0.4, -0.2) is 26.1 Å². The zero-order chi connectivity index (χ0) is 18.4. The molecular weight excluding hydrogens is 330 g/mol. The average Bonchev–Trinajstić information content (AvgIpc) is 3.13. The zero-order valence-electron chi connectivity index (χ0n) is 14.8. The molecule has 7 heteroatoms. The Balaban J connectivity index is 1.59. The van der Waals surface area contributed by atoms with Gasteiger partial charge in [0.1, 0.15) is 12.4 Å². The number of rotatable bonds is 7. The summed E-state index contributed by atoms with van der Waals surface area (Å²) >= 11 is 0. The molecule has 26 heavy (non-hydrogen) atoms. The van der Waals surface area contributed by atoms with Gasteiger partial charge in [0, 0.05) is 18.7 Å². The summed E-state index contributed by atoms with van der Waals surface area (Å²) in [5.41, 5.74) is 2.80. The van der Waals surface area contributed by atoms with Crippen LogP contribution < -0.4 is 10.1 Å². The van der Waals surface area contributed by atoms with E-state index in [1.54, 1.807) is 28.9 Å². The molecule has 1 heterocycles. The van der Waals surface area contributed by atoms with Gasteiger partial charge in [-0.1, -0.05) is 35.9 Å². The molecule has 0 unspecified atom stereocenters. The van der Waals surface area contributed by atoms with Gasteiger partial charge in [-0.3, -0.25) is 4.79 Å². The van der Waals surface area contributed by atoms with E-state index in [0.29, 0.717) is 30.2 Å². The zero-order valence-corrected chi connectivity index (χ0v) is 14.8. The SMILES string of the molecule is CCn1nnnc1COc1cccc(C(=O)NCc2ccc(C)cc2)c1. The van der Waals surface area contributed by atoms with Gasteiger partial charge < -0.3 is 10.1 Å². The monoisotopic (exact) mass is 351 g/mol. The summed E-state index contributed by atoms with van der Waals surface area (Å²) in [4.78, 5) is 12.4. The van der Waals surface area contributed by atoms with E-state index < -0.39 is 0 Å². The second kappa shape index (κ2) is 8.24. The number of nitrogens with zero attached hydrogens (tertiary/aromatic N) is 4. The van der Waals surface area contributed by atoms with Crippen molar-refractivity contribution >= 4 is 5.91 Å². The first-order valence-corrected chi connectivity index (χ1v) is 8.47. The third-order valence-electron chi connectivity index (χ3n) is 3.94. The minimum absolute atomic E-state index is 0.144. The largest absolute Gasteiger partial charge is 0.486 e. The lowest BCUT2D eigenvalue weighted by atomic mass is 10.1. The topological polar surface area (TPSA) is 81.9 Å². The number of carbonyl (C=O) groups is 1. The predicted octanol–water partition coefficient (Wildman–Crippen LogP) is 2.51. The number of ether oxygens (including phenoxy) is 1. The lowest BCUT2D eigenvalue weighted by Gasteiger charge is -2.09. The van der Waals surface area contributed by atoms with Crippen molar-refractivity contribution in [1.82, 2.24) is 25.5 Å². The van der Waals surface area contributed by atoms with Gasteiger partial charge in [0.05, 0.1) is 0 Å². The van der Waals surface area contributed by atoms with Crippen LogP contribution >= 0.6 is 0 Å². The summed E-state index contributed by atoms with van der Waals surface area (Å²) in [5, 5.41) is 14.3. The third kappa shape index (κ3) is 4.44. The van der Waals surface area contributed by atoms with Gasteiger partial charge in [0.25, 0.3) is 5.91 Å². The summed E-state index contributed by atoms with van der Waals surface area (Å²) < 4.78 is 7.38. The Bertz CT molecular complexity index is 874. The van der Waals surface area contributed by atoms with Crippen LogP contribution in [0.3, 0.4) is 0 Å². The number of amides is 1. The van der Waals surface area contributed by atoms with Crippen molar-refractivity contribution in [3.05, 3.63) is 71.0 Å². The van der Waals surface area contributed by atoms with Gasteiger partial charge in [0.2, 0.25) is 0 Å². The van der Waals surface area contributed by atoms with Crippen molar-refractivity contribution in [2.24, 2.45) is 0 Å². The molecule has 1 aromatic heterocycles. The molecule has 0 atom stereocenters. The molecule has 2 aromatic carbocycles. The number of carbonyl (C=O) groups excluding carboxylic acids is 1. The maximum Gasteiger partial charge on any atom is 0.251 e. The fourth-order valence-corrected chi connectivity index (χ4v) is 2.44. The number of hydrogen-bond acceptors (Lipinski definition) is 5. The number of aromatic nitrogens is 4. The molecule has 0 radical (unpaired) electrons. The molecular formula is C19H21N5O2. The molecule has 0 aliphatic heterocycles. The number of hydrogen-bond donors (Lipinski definition) is 1. The van der Waals surface area contributed by atoms with Crippen molar-refractivity contribution in [2.45, 2.75) is 33.5 Å². The van der Waals surface area contributed by atoms with Gasteiger partial charge in [-0.25, -0.2) is 4.68 Å². The molecule has 0 bridgehead atoms. The molecule has 7 nitrogen and oxygen atoms in total. The fraction of sp³-hybridized carbons (Fsp3) is 0.263. The second-order valence-corrected chi connectivity index (χ2v) is 5.90. The highest BCUT2D eigenvalue weighted by Gasteiger charge is 2.09. The predicted molar refractivity (Wildman–Crippen MR) is 96.6 cm³/mol. The standard InChI is InChI=1S/C19H21N5O2/c1-3-24-18(21-22-23-24)13-26-17-6-4-5-16(11-17)19(25)20-12-15-9-7-14(2)8-10-15/h4-11H,3,12-13H2,1-2H3,(H,20,25). The second-order valence-electron chi connectivity index (χ2n) is 5.90. The number of tetrazole rings is 1. The minimum Gasteiger partial charge on any atom is -0.486 e. The van der Waals surface area contributed by atoms with Crippen molar-refractivity contribution in [3.63, 3.8) is 0 Å². The van der Waals surface area contributed by atoms with Crippen LogP contribution in [0.2, 0.25) is 0 Å². The molecule has 134 valence electrons. The lowest BCUT2D eigenvalue weighted by Crippen LogP contribution is -2.22. The quantitative estimate of drug-likeness (QED) is 0.707. The highest BCUT2D eigenvalue weighted by molar-refractivity contribution is 5.94. The van der Waals surface area contributed by atoms with E-state index in [1.165, 1.54) is 5.56 Å². The Labute approximate surface area is 152 Å². The molecule has 0 fully saturated rings. The number of nitrogens with one attached hydrogen (secondary N) is 1. The van der Waals surface area contributed by atoms with Gasteiger partial charge in [-0.15, -0.1) is 5.10 Å². The number of benzene rings is 2. The van der Waals surface area contributed by atoms with E-state index in [4.69, 9.17) is 4.74 Å². The third-order valence-corrected chi connectivity index (χ3v) is 3.94. The van der Waals surface area contributed by atoms with Crippen molar-refractivity contribution in [2.75, 3.05) is 0 Å². The van der Waals surface area contributed by atoms with Crippen LogP contribution in [0.5, 0.6) is 5.75 Å². The Morgan fingerprint density at radius 1 is 1.19 bits per heavy atom. The van der Waals surface area contributed by atoms with E-state index in [9.17, 15) is 4.79 Å². The first-order valence-electron chi connectivity index (χ1n) is 8.47. The minimum atomic E-state index is -0.144. The van der Waals surface area contributed by atoms with E-state index >= 15 is 0 Å². The van der Waals surface area contributed by atoms with Crippen LogP contribution in [0.1, 0.15) is 34.2 Å². The summed E-state index contributed by atoms with van der Waals surface area (Å²) in [7, 11) is 0. The van der Waals surface area contributed by atoms with Crippen LogP contribution in [0.15, 0.2) is 48.5 Å². The van der Waals surface area contributed by atoms with Crippen LogP contribution in [0.4, 0.5) is 0 Å². The maximum atomic E-state index is 12.4. The fourth-order valence-electron chi connectivity index (χ4n) is 2.44. The molecule has 3 aromatic rings. The smallest absolute Gasteiger partial charge is 0.251 e. The summed E-state index contributed by atoms with van der Waals surface area (Å²) in [5.74, 6) is 1.09. The van der Waals surface area contributed by atoms with Crippen molar-refractivity contribution < 1.29 is 9.53 Å². The maximum absolute atomic E-state index is 12.4. The highest BCUT2D eigenvalue weighted by atomic mass is 16.5. The highest BCUT2D eigenvalue weighted by Crippen LogP contribution is 2.15. The van der Waals surface area contributed by atoms with E-state index in [2.05, 4.69) is 20.8 Å². The van der Waals surface area contributed by atoms with E-state index in [0.717, 1.165) is 5.56 Å². The summed E-state index contributed by atoms with van der Waals surface area (Å²) in [6.45, 7) is 5.39. The molecule has 0 aliphatic rings. The molecule has 0 spiro atoms. The lowest BCUT2D eigenvalue weighted by molar-refractivity contribution is 0.0950. The van der Waals surface area contributed by atoms with Crippen LogP contribution in [0, 0.1) is 6.92 Å². The Kier molecular flexibility index (Phi) is 5.58. The first-order chi connectivity index (χ1) is 12.7. The Morgan fingerprint density at radius 3 is 2.77 bits per heavy atom. The van der Waals surface area contributed by atoms with Gasteiger partial charge >= 0.3 is 0 Å².